The lowest BCUT2D eigenvalue weighted by Gasteiger charge is -2.07. The summed E-state index contributed by atoms with van der Waals surface area (Å²) >= 11 is 2.09. The van der Waals surface area contributed by atoms with Crippen LogP contribution in [-0.2, 0) is 4.74 Å². The van der Waals surface area contributed by atoms with Gasteiger partial charge < -0.3 is 10.1 Å². The van der Waals surface area contributed by atoms with Gasteiger partial charge in [-0.3, -0.25) is 4.79 Å². The second kappa shape index (κ2) is 7.16. The third-order valence-electron chi connectivity index (χ3n) is 2.63. The molecule has 6 heteroatoms. The molecule has 1 aromatic heterocycles. The van der Waals surface area contributed by atoms with Crippen LogP contribution in [0.5, 0.6) is 0 Å². The van der Waals surface area contributed by atoms with Gasteiger partial charge in [-0.2, -0.15) is 0 Å². The second-order valence-electron chi connectivity index (χ2n) is 4.08. The maximum absolute atomic E-state index is 12.2. The maximum atomic E-state index is 12.2. The fourth-order valence-electron chi connectivity index (χ4n) is 1.67. The van der Waals surface area contributed by atoms with Gasteiger partial charge in [0, 0.05) is 9.77 Å². The Bertz CT molecular complexity index is 673. The molecule has 0 radical (unpaired) electrons. The molecule has 1 aromatic carbocycles. The Hall–Kier alpha value is -1.96. The molecule has 0 saturated carbocycles. The predicted molar refractivity (Wildman–Crippen MR) is 87.3 cm³/mol. The van der Waals surface area contributed by atoms with E-state index < -0.39 is 5.97 Å². The Morgan fingerprint density at radius 1 is 1.29 bits per heavy atom. The van der Waals surface area contributed by atoms with Crippen molar-refractivity contribution in [2.75, 3.05) is 11.9 Å². The second-order valence-corrected chi connectivity index (χ2v) is 5.25. The van der Waals surface area contributed by atoms with Crippen LogP contribution in [-0.4, -0.2) is 23.5 Å². The highest BCUT2D eigenvalue weighted by atomic mass is 127. The smallest absolute Gasteiger partial charge is 0.338 e. The van der Waals surface area contributed by atoms with Crippen LogP contribution in [0.3, 0.4) is 0 Å². The molecule has 2 rings (SSSR count). The van der Waals surface area contributed by atoms with Crippen LogP contribution in [0.2, 0.25) is 0 Å². The number of halogens is 1. The lowest BCUT2D eigenvalue weighted by Crippen LogP contribution is -2.15. The highest BCUT2D eigenvalue weighted by Gasteiger charge is 2.12. The lowest BCUT2D eigenvalue weighted by atomic mass is 10.2. The number of pyridine rings is 1. The highest BCUT2D eigenvalue weighted by Crippen LogP contribution is 2.14. The van der Waals surface area contributed by atoms with Crippen molar-refractivity contribution in [3.8, 4) is 0 Å². The van der Waals surface area contributed by atoms with E-state index in [0.29, 0.717) is 23.6 Å². The van der Waals surface area contributed by atoms with E-state index in [0.717, 1.165) is 3.57 Å². The Balaban J connectivity index is 2.17. The van der Waals surface area contributed by atoms with Crippen molar-refractivity contribution in [3.63, 3.8) is 0 Å². The molecule has 1 heterocycles. The number of carbonyl (C=O) groups is 2. The number of aromatic nitrogens is 1. The maximum Gasteiger partial charge on any atom is 0.338 e. The summed E-state index contributed by atoms with van der Waals surface area (Å²) in [5.41, 5.74) is 0.909. The summed E-state index contributed by atoms with van der Waals surface area (Å²) in [7, 11) is 0. The van der Waals surface area contributed by atoms with Crippen molar-refractivity contribution in [1.82, 2.24) is 4.98 Å². The average molecular weight is 396 g/mol. The SMILES string of the molecule is CCOC(=O)c1ccnc(NC(=O)c2ccccc2I)c1. The number of rotatable bonds is 4. The lowest BCUT2D eigenvalue weighted by molar-refractivity contribution is 0.0526. The third kappa shape index (κ3) is 4.01. The van der Waals surface area contributed by atoms with Gasteiger partial charge in [0.2, 0.25) is 0 Å². The van der Waals surface area contributed by atoms with Crippen molar-refractivity contribution in [2.45, 2.75) is 6.92 Å². The number of benzene rings is 1. The molecule has 2 aromatic rings. The molecule has 108 valence electrons. The van der Waals surface area contributed by atoms with Crippen molar-refractivity contribution in [3.05, 3.63) is 57.3 Å². The van der Waals surface area contributed by atoms with Gasteiger partial charge in [-0.15, -0.1) is 0 Å². The predicted octanol–water partition coefficient (Wildman–Crippen LogP) is 3.12. The van der Waals surface area contributed by atoms with E-state index in [2.05, 4.69) is 32.9 Å². The number of hydrogen-bond donors (Lipinski definition) is 1. The first kappa shape index (κ1) is 15.4. The Morgan fingerprint density at radius 2 is 2.05 bits per heavy atom. The minimum absolute atomic E-state index is 0.270. The molecule has 5 nitrogen and oxygen atoms in total. The quantitative estimate of drug-likeness (QED) is 0.637. The first-order valence-electron chi connectivity index (χ1n) is 6.31. The minimum atomic E-state index is -0.440. The summed E-state index contributed by atoms with van der Waals surface area (Å²) < 4.78 is 5.75. The van der Waals surface area contributed by atoms with E-state index in [1.807, 2.05) is 12.1 Å². The topological polar surface area (TPSA) is 68.3 Å². The molecule has 1 N–H and O–H groups in total. The zero-order valence-electron chi connectivity index (χ0n) is 11.3. The number of amides is 1. The zero-order chi connectivity index (χ0) is 15.2. The van der Waals surface area contributed by atoms with Crippen LogP contribution in [0.25, 0.3) is 0 Å². The molecule has 0 bridgehead atoms. The van der Waals surface area contributed by atoms with Crippen LogP contribution in [0.4, 0.5) is 5.82 Å². The zero-order valence-corrected chi connectivity index (χ0v) is 13.5. The van der Waals surface area contributed by atoms with E-state index in [9.17, 15) is 9.59 Å². The van der Waals surface area contributed by atoms with E-state index in [-0.39, 0.29) is 5.91 Å². The molecular weight excluding hydrogens is 383 g/mol. The average Bonchev–Trinajstić information content (AvgIpc) is 2.48. The fraction of sp³-hybridized carbons (Fsp3) is 0.133. The molecule has 0 aliphatic heterocycles. The molecule has 0 atom stereocenters. The summed E-state index contributed by atoms with van der Waals surface area (Å²) in [5, 5.41) is 2.67. The molecule has 1 amide bonds. The van der Waals surface area contributed by atoms with Crippen molar-refractivity contribution >= 4 is 40.3 Å². The fourth-order valence-corrected chi connectivity index (χ4v) is 2.30. The van der Waals surface area contributed by atoms with Gasteiger partial charge in [-0.05, 0) is 53.8 Å². The molecule has 21 heavy (non-hydrogen) atoms. The number of nitrogens with one attached hydrogen (secondary N) is 1. The number of nitrogens with zero attached hydrogens (tertiary/aromatic N) is 1. The van der Waals surface area contributed by atoms with Crippen molar-refractivity contribution < 1.29 is 14.3 Å². The normalized spacial score (nSPS) is 10.0. The standard InChI is InChI=1S/C15H13IN2O3/c1-2-21-15(20)10-7-8-17-13(9-10)18-14(19)11-5-3-4-6-12(11)16/h3-9H,2H2,1H3,(H,17,18,19). The van der Waals surface area contributed by atoms with Gasteiger partial charge in [-0.25, -0.2) is 9.78 Å². The summed E-state index contributed by atoms with van der Waals surface area (Å²) in [4.78, 5) is 27.8. The number of esters is 1. The monoisotopic (exact) mass is 396 g/mol. The summed E-state index contributed by atoms with van der Waals surface area (Å²) in [6, 6.07) is 10.3. The van der Waals surface area contributed by atoms with Gasteiger partial charge in [0.1, 0.15) is 5.82 Å². The van der Waals surface area contributed by atoms with Crippen molar-refractivity contribution in [2.24, 2.45) is 0 Å². The number of carbonyl (C=O) groups excluding carboxylic acids is 2. The summed E-state index contributed by atoms with van der Waals surface area (Å²) in [6.07, 6.45) is 1.46. The Labute approximate surface area is 135 Å². The number of anilines is 1. The van der Waals surface area contributed by atoms with Crippen LogP contribution in [0.1, 0.15) is 27.6 Å². The molecule has 0 saturated heterocycles. The van der Waals surface area contributed by atoms with Crippen LogP contribution in [0, 0.1) is 3.57 Å². The first-order chi connectivity index (χ1) is 10.1. The van der Waals surface area contributed by atoms with E-state index in [4.69, 9.17) is 4.74 Å². The number of hydrogen-bond acceptors (Lipinski definition) is 4. The highest BCUT2D eigenvalue weighted by molar-refractivity contribution is 14.1. The van der Waals surface area contributed by atoms with E-state index in [1.165, 1.54) is 12.3 Å². The first-order valence-corrected chi connectivity index (χ1v) is 7.38. The Kier molecular flexibility index (Phi) is 5.26. The van der Waals surface area contributed by atoms with Crippen LogP contribution >= 0.6 is 22.6 Å². The van der Waals surface area contributed by atoms with Crippen LogP contribution < -0.4 is 5.32 Å². The van der Waals surface area contributed by atoms with Gasteiger partial charge in [0.05, 0.1) is 17.7 Å². The molecule has 0 spiro atoms. The van der Waals surface area contributed by atoms with Crippen LogP contribution in [0.15, 0.2) is 42.6 Å². The van der Waals surface area contributed by atoms with Gasteiger partial charge in [-0.1, -0.05) is 12.1 Å². The van der Waals surface area contributed by atoms with Gasteiger partial charge >= 0.3 is 5.97 Å². The minimum Gasteiger partial charge on any atom is -0.462 e. The molecule has 0 aliphatic rings. The van der Waals surface area contributed by atoms with Gasteiger partial charge in [0.25, 0.3) is 5.91 Å². The van der Waals surface area contributed by atoms with E-state index >= 15 is 0 Å². The summed E-state index contributed by atoms with van der Waals surface area (Å²) in [6.45, 7) is 2.03. The molecule has 0 aliphatic carbocycles. The largest absolute Gasteiger partial charge is 0.462 e. The third-order valence-corrected chi connectivity index (χ3v) is 3.57. The Morgan fingerprint density at radius 3 is 2.76 bits per heavy atom. The van der Waals surface area contributed by atoms with Crippen molar-refractivity contribution in [1.29, 1.82) is 0 Å². The summed E-state index contributed by atoms with van der Waals surface area (Å²) in [5.74, 6) is -0.400. The van der Waals surface area contributed by atoms with Gasteiger partial charge in [0.15, 0.2) is 0 Å². The molecule has 0 fully saturated rings. The molecular formula is C15H13IN2O3. The number of ether oxygens (including phenoxy) is 1. The van der Waals surface area contributed by atoms with E-state index in [1.54, 1.807) is 25.1 Å². The molecule has 0 unspecified atom stereocenters.